The summed E-state index contributed by atoms with van der Waals surface area (Å²) in [5.41, 5.74) is 3.40. The highest BCUT2D eigenvalue weighted by Gasteiger charge is 2.11. The molecule has 0 saturated carbocycles. The van der Waals surface area contributed by atoms with E-state index in [0.29, 0.717) is 18.0 Å². The summed E-state index contributed by atoms with van der Waals surface area (Å²) in [6.07, 6.45) is 8.54. The first-order chi connectivity index (χ1) is 12.5. The van der Waals surface area contributed by atoms with E-state index in [1.165, 1.54) is 12.1 Å². The summed E-state index contributed by atoms with van der Waals surface area (Å²) in [6.45, 7) is 0.464. The van der Waals surface area contributed by atoms with Crippen molar-refractivity contribution in [3.8, 4) is 11.3 Å². The van der Waals surface area contributed by atoms with Crippen LogP contribution >= 0.6 is 0 Å². The number of benzene rings is 1. The van der Waals surface area contributed by atoms with Gasteiger partial charge in [0.15, 0.2) is 11.5 Å². The first kappa shape index (κ1) is 16.3. The van der Waals surface area contributed by atoms with Crippen molar-refractivity contribution in [2.24, 2.45) is 5.14 Å². The van der Waals surface area contributed by atoms with Crippen molar-refractivity contribution in [2.45, 2.75) is 11.4 Å². The Bertz CT molecular complexity index is 1150. The number of furan rings is 1. The number of nitrogens with two attached hydrogens (primary N) is 1. The molecule has 0 fully saturated rings. The predicted molar refractivity (Wildman–Crippen MR) is 95.8 cm³/mol. The molecular weight excluding hydrogens is 354 g/mol. The van der Waals surface area contributed by atoms with E-state index in [0.717, 1.165) is 16.8 Å². The van der Waals surface area contributed by atoms with E-state index in [-0.39, 0.29) is 4.90 Å². The minimum absolute atomic E-state index is 0.0829. The molecule has 3 aromatic heterocycles. The van der Waals surface area contributed by atoms with Gasteiger partial charge in [-0.1, -0.05) is 12.1 Å². The molecule has 0 atom stereocenters. The van der Waals surface area contributed by atoms with E-state index >= 15 is 0 Å². The molecule has 0 unspecified atom stereocenters. The third-order valence-corrected chi connectivity index (χ3v) is 4.89. The van der Waals surface area contributed by atoms with E-state index < -0.39 is 10.0 Å². The lowest BCUT2D eigenvalue weighted by Gasteiger charge is -2.08. The molecule has 0 aliphatic rings. The number of nitrogens with one attached hydrogen (secondary N) is 1. The van der Waals surface area contributed by atoms with Gasteiger partial charge in [0.1, 0.15) is 0 Å². The zero-order valence-electron chi connectivity index (χ0n) is 13.5. The lowest BCUT2D eigenvalue weighted by Crippen LogP contribution is -2.12. The number of hydrogen-bond donors (Lipinski definition) is 2. The molecule has 3 heterocycles. The maximum Gasteiger partial charge on any atom is 0.238 e. The summed E-state index contributed by atoms with van der Waals surface area (Å²) in [5.74, 6) is 0.623. The Balaban J connectivity index is 1.58. The second-order valence-electron chi connectivity index (χ2n) is 5.67. The van der Waals surface area contributed by atoms with Crippen molar-refractivity contribution >= 4 is 21.5 Å². The number of imidazole rings is 1. The van der Waals surface area contributed by atoms with E-state index in [1.54, 1.807) is 37.1 Å². The topological polar surface area (TPSA) is 116 Å². The zero-order valence-corrected chi connectivity index (χ0v) is 14.3. The summed E-state index contributed by atoms with van der Waals surface area (Å²) in [5, 5.41) is 8.33. The largest absolute Gasteiger partial charge is 0.472 e. The first-order valence-electron chi connectivity index (χ1n) is 7.72. The van der Waals surface area contributed by atoms with Crippen molar-refractivity contribution in [1.82, 2.24) is 14.4 Å². The fourth-order valence-electron chi connectivity index (χ4n) is 2.65. The van der Waals surface area contributed by atoms with Gasteiger partial charge in [0.25, 0.3) is 0 Å². The van der Waals surface area contributed by atoms with Crippen molar-refractivity contribution in [3.63, 3.8) is 0 Å². The van der Waals surface area contributed by atoms with Gasteiger partial charge >= 0.3 is 0 Å². The van der Waals surface area contributed by atoms with Crippen LogP contribution in [-0.2, 0) is 16.6 Å². The fourth-order valence-corrected chi connectivity index (χ4v) is 3.17. The Hall–Kier alpha value is -3.17. The monoisotopic (exact) mass is 369 g/mol. The highest BCUT2D eigenvalue weighted by Crippen LogP contribution is 2.23. The van der Waals surface area contributed by atoms with E-state index in [9.17, 15) is 8.42 Å². The zero-order chi connectivity index (χ0) is 18.1. The SMILES string of the molecule is NS(=O)(=O)c1ccc(CNc2nccn3c(-c4ccoc4)cnc23)cc1. The summed E-state index contributed by atoms with van der Waals surface area (Å²) >= 11 is 0. The Morgan fingerprint density at radius 1 is 1.15 bits per heavy atom. The first-order valence-corrected chi connectivity index (χ1v) is 9.27. The van der Waals surface area contributed by atoms with Crippen LogP contribution in [0.1, 0.15) is 5.56 Å². The van der Waals surface area contributed by atoms with Crippen LogP contribution in [0.4, 0.5) is 5.82 Å². The third kappa shape index (κ3) is 3.05. The number of primary sulfonamides is 1. The van der Waals surface area contributed by atoms with Crippen molar-refractivity contribution in [1.29, 1.82) is 0 Å². The average molecular weight is 369 g/mol. The molecule has 0 spiro atoms. The quantitative estimate of drug-likeness (QED) is 0.557. The van der Waals surface area contributed by atoms with Crippen LogP contribution < -0.4 is 10.5 Å². The minimum atomic E-state index is -3.69. The normalized spacial score (nSPS) is 11.7. The number of aromatic nitrogens is 3. The highest BCUT2D eigenvalue weighted by atomic mass is 32.2. The van der Waals surface area contributed by atoms with Crippen LogP contribution in [0.15, 0.2) is 70.8 Å². The van der Waals surface area contributed by atoms with Crippen LogP contribution in [-0.4, -0.2) is 22.8 Å². The van der Waals surface area contributed by atoms with Crippen LogP contribution in [0.25, 0.3) is 16.9 Å². The lowest BCUT2D eigenvalue weighted by molar-refractivity contribution is 0.568. The van der Waals surface area contributed by atoms with Gasteiger partial charge in [0.2, 0.25) is 10.0 Å². The highest BCUT2D eigenvalue weighted by molar-refractivity contribution is 7.89. The Morgan fingerprint density at radius 3 is 2.65 bits per heavy atom. The molecule has 0 amide bonds. The van der Waals surface area contributed by atoms with Gasteiger partial charge in [-0.3, -0.25) is 4.40 Å². The van der Waals surface area contributed by atoms with Crippen LogP contribution in [0, 0.1) is 0 Å². The fraction of sp³-hybridized carbons (Fsp3) is 0.0588. The van der Waals surface area contributed by atoms with E-state index in [1.807, 2.05) is 16.7 Å². The molecule has 4 aromatic rings. The lowest BCUT2D eigenvalue weighted by atomic mass is 10.2. The van der Waals surface area contributed by atoms with Gasteiger partial charge in [0.05, 0.1) is 29.3 Å². The maximum absolute atomic E-state index is 11.3. The summed E-state index contributed by atoms with van der Waals surface area (Å²) in [6, 6.07) is 8.23. The second kappa shape index (κ2) is 6.28. The summed E-state index contributed by atoms with van der Waals surface area (Å²) in [7, 11) is -3.69. The predicted octanol–water partition coefficient (Wildman–Crippen LogP) is 2.25. The molecule has 8 nitrogen and oxygen atoms in total. The molecule has 9 heteroatoms. The van der Waals surface area contributed by atoms with Crippen molar-refractivity contribution < 1.29 is 12.8 Å². The summed E-state index contributed by atoms with van der Waals surface area (Å²) in [4.78, 5) is 8.86. The number of nitrogens with zero attached hydrogens (tertiary/aromatic N) is 3. The van der Waals surface area contributed by atoms with Crippen LogP contribution in [0.3, 0.4) is 0 Å². The smallest absolute Gasteiger partial charge is 0.238 e. The maximum atomic E-state index is 11.3. The van der Waals surface area contributed by atoms with Gasteiger partial charge in [-0.2, -0.15) is 0 Å². The second-order valence-corrected chi connectivity index (χ2v) is 7.23. The molecule has 132 valence electrons. The molecule has 4 rings (SSSR count). The Morgan fingerprint density at radius 2 is 1.96 bits per heavy atom. The third-order valence-electron chi connectivity index (χ3n) is 3.96. The van der Waals surface area contributed by atoms with E-state index in [4.69, 9.17) is 9.56 Å². The number of sulfonamides is 1. The molecule has 0 aliphatic carbocycles. The van der Waals surface area contributed by atoms with Crippen LogP contribution in [0.5, 0.6) is 0 Å². The summed E-state index contributed by atoms with van der Waals surface area (Å²) < 4.78 is 29.7. The molecule has 26 heavy (non-hydrogen) atoms. The number of hydrogen-bond acceptors (Lipinski definition) is 6. The van der Waals surface area contributed by atoms with Gasteiger partial charge < -0.3 is 9.73 Å². The van der Waals surface area contributed by atoms with Crippen molar-refractivity contribution in [2.75, 3.05) is 5.32 Å². The molecular formula is C17H15N5O3S. The minimum Gasteiger partial charge on any atom is -0.472 e. The Labute approximate surface area is 149 Å². The van der Waals surface area contributed by atoms with Crippen LogP contribution in [0.2, 0.25) is 0 Å². The Kier molecular flexibility index (Phi) is 3.94. The number of rotatable bonds is 5. The molecule has 1 aromatic carbocycles. The molecule has 0 bridgehead atoms. The molecule has 3 N–H and O–H groups in total. The van der Waals surface area contributed by atoms with Crippen molar-refractivity contribution in [3.05, 3.63) is 67.0 Å². The van der Waals surface area contributed by atoms with Gasteiger partial charge in [-0.25, -0.2) is 23.5 Å². The standard InChI is InChI=1S/C17H15N5O3S/c18-26(23,24)14-3-1-12(2-4-14)9-20-16-17-21-10-15(13-5-8-25-11-13)22(17)7-6-19-16/h1-8,10-11H,9H2,(H,19,20)(H2,18,23,24). The molecule has 0 saturated heterocycles. The molecule has 0 radical (unpaired) electrons. The van der Waals surface area contributed by atoms with Gasteiger partial charge in [0, 0.05) is 24.5 Å². The van der Waals surface area contributed by atoms with Gasteiger partial charge in [-0.05, 0) is 23.8 Å². The molecule has 0 aliphatic heterocycles. The average Bonchev–Trinajstić information content (AvgIpc) is 3.28. The van der Waals surface area contributed by atoms with E-state index in [2.05, 4.69) is 15.3 Å². The number of fused-ring (bicyclic) bond motifs is 1. The number of anilines is 1. The van der Waals surface area contributed by atoms with Gasteiger partial charge in [-0.15, -0.1) is 0 Å².